The molecule has 0 aliphatic heterocycles. The Morgan fingerprint density at radius 3 is 2.50 bits per heavy atom. The maximum Gasteiger partial charge on any atom is 0.313 e. The highest BCUT2D eigenvalue weighted by Crippen LogP contribution is 2.33. The highest BCUT2D eigenvalue weighted by atomic mass is 16.5. The van der Waals surface area contributed by atoms with E-state index in [0.717, 1.165) is 16.9 Å². The van der Waals surface area contributed by atoms with Crippen LogP contribution in [-0.2, 0) is 9.53 Å². The molecule has 0 aliphatic rings. The summed E-state index contributed by atoms with van der Waals surface area (Å²) in [4.78, 5) is 12.1. The van der Waals surface area contributed by atoms with Gasteiger partial charge in [0.1, 0.15) is 5.75 Å². The van der Waals surface area contributed by atoms with E-state index in [4.69, 9.17) is 9.47 Å². The van der Waals surface area contributed by atoms with Crippen LogP contribution in [0.5, 0.6) is 5.75 Å². The summed E-state index contributed by atoms with van der Waals surface area (Å²) in [6.45, 7) is 8.26. The van der Waals surface area contributed by atoms with Crippen LogP contribution in [0.4, 0.5) is 0 Å². The van der Waals surface area contributed by atoms with Crippen molar-refractivity contribution in [2.24, 2.45) is 5.92 Å². The summed E-state index contributed by atoms with van der Waals surface area (Å²) in [7, 11) is 1.62. The van der Waals surface area contributed by atoms with Gasteiger partial charge < -0.3 is 9.47 Å². The fourth-order valence-electron chi connectivity index (χ4n) is 2.09. The van der Waals surface area contributed by atoms with E-state index in [1.54, 1.807) is 7.11 Å². The topological polar surface area (TPSA) is 35.5 Å². The highest BCUT2D eigenvalue weighted by molar-refractivity contribution is 5.79. The van der Waals surface area contributed by atoms with Crippen molar-refractivity contribution in [1.29, 1.82) is 0 Å². The molecule has 0 amide bonds. The summed E-state index contributed by atoms with van der Waals surface area (Å²) >= 11 is 0. The number of carbonyl (C=O) groups is 1. The summed E-state index contributed by atoms with van der Waals surface area (Å²) in [5.41, 5.74) is 2.02. The van der Waals surface area contributed by atoms with Crippen LogP contribution >= 0.6 is 0 Å². The van der Waals surface area contributed by atoms with E-state index in [9.17, 15) is 4.79 Å². The van der Waals surface area contributed by atoms with Gasteiger partial charge in [0.2, 0.25) is 0 Å². The first kappa shape index (κ1) is 14.6. The Labute approximate surface area is 109 Å². The van der Waals surface area contributed by atoms with Crippen molar-refractivity contribution >= 4 is 5.97 Å². The third-order valence-electron chi connectivity index (χ3n) is 2.93. The van der Waals surface area contributed by atoms with E-state index in [1.807, 2.05) is 45.9 Å². The third kappa shape index (κ3) is 3.25. The van der Waals surface area contributed by atoms with Crippen molar-refractivity contribution in [3.05, 3.63) is 29.3 Å². The van der Waals surface area contributed by atoms with Gasteiger partial charge in [-0.1, -0.05) is 31.5 Å². The lowest BCUT2D eigenvalue weighted by molar-refractivity contribution is -0.146. The van der Waals surface area contributed by atoms with Gasteiger partial charge in [-0.05, 0) is 25.8 Å². The first-order valence-corrected chi connectivity index (χ1v) is 6.32. The average Bonchev–Trinajstić information content (AvgIpc) is 2.29. The van der Waals surface area contributed by atoms with E-state index in [-0.39, 0.29) is 17.8 Å². The van der Waals surface area contributed by atoms with Crippen LogP contribution in [0.3, 0.4) is 0 Å². The Kier molecular flexibility index (Phi) is 5.20. The number of esters is 1. The van der Waals surface area contributed by atoms with E-state index in [1.165, 1.54) is 0 Å². The van der Waals surface area contributed by atoms with Gasteiger partial charge in [0.25, 0.3) is 0 Å². The van der Waals surface area contributed by atoms with Gasteiger partial charge in [-0.3, -0.25) is 4.79 Å². The van der Waals surface area contributed by atoms with Gasteiger partial charge in [-0.2, -0.15) is 0 Å². The van der Waals surface area contributed by atoms with Crippen LogP contribution in [0.2, 0.25) is 0 Å². The molecule has 1 aromatic carbocycles. The van der Waals surface area contributed by atoms with Crippen molar-refractivity contribution in [3.63, 3.8) is 0 Å². The van der Waals surface area contributed by atoms with Crippen LogP contribution in [0.15, 0.2) is 18.2 Å². The predicted octanol–water partition coefficient (Wildman–Crippen LogP) is 3.31. The van der Waals surface area contributed by atoms with Crippen molar-refractivity contribution in [1.82, 2.24) is 0 Å². The van der Waals surface area contributed by atoms with E-state index in [2.05, 4.69) is 0 Å². The molecule has 0 N–H and O–H groups in total. The van der Waals surface area contributed by atoms with Gasteiger partial charge in [-0.25, -0.2) is 0 Å². The van der Waals surface area contributed by atoms with E-state index >= 15 is 0 Å². The molecule has 0 spiro atoms. The molecule has 0 aliphatic carbocycles. The molecule has 0 saturated carbocycles. The number of carbonyl (C=O) groups excluding carboxylic acids is 1. The Morgan fingerprint density at radius 1 is 1.33 bits per heavy atom. The van der Waals surface area contributed by atoms with E-state index in [0.29, 0.717) is 6.61 Å². The van der Waals surface area contributed by atoms with Crippen LogP contribution in [-0.4, -0.2) is 19.7 Å². The summed E-state index contributed by atoms with van der Waals surface area (Å²) in [6.07, 6.45) is 0. The summed E-state index contributed by atoms with van der Waals surface area (Å²) in [5, 5.41) is 0. The van der Waals surface area contributed by atoms with Gasteiger partial charge in [0.05, 0.1) is 19.6 Å². The second kappa shape index (κ2) is 6.43. The smallest absolute Gasteiger partial charge is 0.313 e. The largest absolute Gasteiger partial charge is 0.496 e. The minimum Gasteiger partial charge on any atom is -0.496 e. The molecule has 0 heterocycles. The zero-order valence-corrected chi connectivity index (χ0v) is 11.8. The molecule has 0 bridgehead atoms. The molecule has 3 heteroatoms. The molecule has 18 heavy (non-hydrogen) atoms. The summed E-state index contributed by atoms with van der Waals surface area (Å²) < 4.78 is 10.5. The zero-order chi connectivity index (χ0) is 13.7. The fourth-order valence-corrected chi connectivity index (χ4v) is 2.09. The summed E-state index contributed by atoms with van der Waals surface area (Å²) in [5.74, 6) is 0.448. The second-order valence-corrected chi connectivity index (χ2v) is 4.72. The highest BCUT2D eigenvalue weighted by Gasteiger charge is 2.28. The standard InChI is InChI=1S/C15H22O3/c1-6-18-15(16)14(10(2)3)12-9-11(4)7-8-13(12)17-5/h7-10,14H,6H2,1-5H3. The number of methoxy groups -OCH3 is 1. The quantitative estimate of drug-likeness (QED) is 0.752. The molecule has 1 aromatic rings. The fraction of sp³-hybridized carbons (Fsp3) is 0.533. The number of hydrogen-bond acceptors (Lipinski definition) is 3. The van der Waals surface area contributed by atoms with Gasteiger partial charge in [-0.15, -0.1) is 0 Å². The number of benzene rings is 1. The summed E-state index contributed by atoms with van der Waals surface area (Å²) in [6, 6.07) is 5.88. The predicted molar refractivity (Wildman–Crippen MR) is 71.9 cm³/mol. The minimum atomic E-state index is -0.278. The average molecular weight is 250 g/mol. The maximum absolute atomic E-state index is 12.1. The minimum absolute atomic E-state index is 0.166. The van der Waals surface area contributed by atoms with Crippen molar-refractivity contribution < 1.29 is 14.3 Å². The Bertz CT molecular complexity index is 410. The molecule has 1 rings (SSSR count). The van der Waals surface area contributed by atoms with Gasteiger partial charge in [0.15, 0.2) is 0 Å². The monoisotopic (exact) mass is 250 g/mol. The van der Waals surface area contributed by atoms with Gasteiger partial charge in [0, 0.05) is 5.56 Å². The zero-order valence-electron chi connectivity index (χ0n) is 11.8. The molecule has 0 saturated heterocycles. The molecule has 0 radical (unpaired) electrons. The van der Waals surface area contributed by atoms with Crippen LogP contribution in [0, 0.1) is 12.8 Å². The first-order chi connectivity index (χ1) is 8.51. The normalized spacial score (nSPS) is 12.3. The van der Waals surface area contributed by atoms with E-state index < -0.39 is 0 Å². The van der Waals surface area contributed by atoms with Crippen molar-refractivity contribution in [2.45, 2.75) is 33.6 Å². The molecular formula is C15H22O3. The number of rotatable bonds is 5. The first-order valence-electron chi connectivity index (χ1n) is 6.32. The second-order valence-electron chi connectivity index (χ2n) is 4.72. The molecule has 1 unspecified atom stereocenters. The molecule has 0 fully saturated rings. The lowest BCUT2D eigenvalue weighted by atomic mass is 9.87. The maximum atomic E-state index is 12.1. The lowest BCUT2D eigenvalue weighted by Crippen LogP contribution is -2.21. The Balaban J connectivity index is 3.20. The Hall–Kier alpha value is -1.51. The molecule has 1 atom stereocenters. The number of aryl methyl sites for hydroxylation is 1. The SMILES string of the molecule is CCOC(=O)C(c1cc(C)ccc1OC)C(C)C. The van der Waals surface area contributed by atoms with Crippen molar-refractivity contribution in [2.75, 3.05) is 13.7 Å². The molecular weight excluding hydrogens is 228 g/mol. The van der Waals surface area contributed by atoms with Crippen LogP contribution in [0.1, 0.15) is 37.8 Å². The molecule has 0 aromatic heterocycles. The molecule has 100 valence electrons. The molecule has 3 nitrogen and oxygen atoms in total. The van der Waals surface area contributed by atoms with Crippen LogP contribution in [0.25, 0.3) is 0 Å². The lowest BCUT2D eigenvalue weighted by Gasteiger charge is -2.22. The van der Waals surface area contributed by atoms with Crippen LogP contribution < -0.4 is 4.74 Å². The third-order valence-corrected chi connectivity index (χ3v) is 2.93. The Morgan fingerprint density at radius 2 is 2.00 bits per heavy atom. The van der Waals surface area contributed by atoms with Gasteiger partial charge >= 0.3 is 5.97 Å². The number of hydrogen-bond donors (Lipinski definition) is 0. The van der Waals surface area contributed by atoms with Crippen molar-refractivity contribution in [3.8, 4) is 5.75 Å². The number of ether oxygens (including phenoxy) is 2.